The summed E-state index contributed by atoms with van der Waals surface area (Å²) in [6.45, 7) is -0.0913. The number of nitrogens with one attached hydrogen (secondary N) is 2. The molecule has 0 bridgehead atoms. The largest absolute Gasteiger partial charge is 0.497 e. The van der Waals surface area contributed by atoms with Gasteiger partial charge in [-0.15, -0.1) is 0 Å². The molecule has 9 heteroatoms. The average Bonchev–Trinajstić information content (AvgIpc) is 2.76. The summed E-state index contributed by atoms with van der Waals surface area (Å²) in [6.07, 6.45) is -2.01. The Hall–Kier alpha value is -3.59. The molecule has 0 heterocycles. The lowest BCUT2D eigenvalue weighted by atomic mass is 10.0. The van der Waals surface area contributed by atoms with Crippen LogP contribution in [0, 0.1) is 0 Å². The second kappa shape index (κ2) is 12.2. The summed E-state index contributed by atoms with van der Waals surface area (Å²) in [7, 11) is 1.53. The van der Waals surface area contributed by atoms with Crippen LogP contribution in [0.3, 0.4) is 0 Å². The first-order valence-corrected chi connectivity index (χ1v) is 9.71. The van der Waals surface area contributed by atoms with E-state index in [1.807, 2.05) is 30.3 Å². The van der Waals surface area contributed by atoms with Crippen molar-refractivity contribution in [1.29, 1.82) is 0 Å². The average molecular weight is 429 g/mol. The van der Waals surface area contributed by atoms with Gasteiger partial charge < -0.3 is 30.9 Å². The maximum Gasteiger partial charge on any atom is 0.407 e. The van der Waals surface area contributed by atoms with Crippen LogP contribution in [0.1, 0.15) is 17.5 Å². The Balaban J connectivity index is 1.75. The number of methoxy groups -OCH3 is 1. The fourth-order valence-corrected chi connectivity index (χ4v) is 2.77. The van der Waals surface area contributed by atoms with Crippen LogP contribution in [0.15, 0.2) is 54.6 Å². The minimum Gasteiger partial charge on any atom is -0.497 e. The molecule has 0 unspecified atom stereocenters. The van der Waals surface area contributed by atoms with Gasteiger partial charge in [0.1, 0.15) is 18.4 Å². The molecule has 2 aromatic carbocycles. The number of amides is 3. The van der Waals surface area contributed by atoms with Gasteiger partial charge in [0.05, 0.1) is 19.6 Å². The number of aliphatic hydroxyl groups is 1. The Bertz CT molecular complexity index is 875. The third-order valence-corrected chi connectivity index (χ3v) is 4.37. The normalized spacial score (nSPS) is 12.3. The summed E-state index contributed by atoms with van der Waals surface area (Å²) in [6, 6.07) is 15.2. The maximum atomic E-state index is 12.2. The Labute approximate surface area is 180 Å². The molecule has 0 fully saturated rings. The third-order valence-electron chi connectivity index (χ3n) is 4.37. The lowest BCUT2D eigenvalue weighted by Crippen LogP contribution is -2.47. The van der Waals surface area contributed by atoms with E-state index < -0.39 is 30.1 Å². The summed E-state index contributed by atoms with van der Waals surface area (Å²) < 4.78 is 10.2. The molecule has 5 N–H and O–H groups in total. The van der Waals surface area contributed by atoms with E-state index in [-0.39, 0.29) is 26.0 Å². The number of benzene rings is 2. The standard InChI is InChI=1S/C22H27N3O6/c1-30-18-9-5-8-16(10-18)11-19(21(23)28)25-20(27)12-17(26)13-24-22(29)31-14-15-6-3-2-4-7-15/h2-10,17,19,26H,11-14H2,1H3,(H2,23,28)(H,24,29)(H,25,27)/t17-,19-/m0/s1. The number of aliphatic hydroxyl groups excluding tert-OH is 1. The molecule has 166 valence electrons. The van der Waals surface area contributed by atoms with Crippen molar-refractivity contribution in [3.05, 3.63) is 65.7 Å². The molecule has 31 heavy (non-hydrogen) atoms. The molecule has 9 nitrogen and oxygen atoms in total. The molecular weight excluding hydrogens is 402 g/mol. The van der Waals surface area contributed by atoms with Gasteiger partial charge in [-0.2, -0.15) is 0 Å². The lowest BCUT2D eigenvalue weighted by Gasteiger charge is -2.18. The first kappa shape index (κ1) is 23.7. The van der Waals surface area contributed by atoms with E-state index in [0.717, 1.165) is 11.1 Å². The maximum absolute atomic E-state index is 12.2. The minimum atomic E-state index is -1.16. The highest BCUT2D eigenvalue weighted by atomic mass is 16.5. The summed E-state index contributed by atoms with van der Waals surface area (Å²) in [4.78, 5) is 35.6. The molecule has 0 aliphatic carbocycles. The highest BCUT2D eigenvalue weighted by Gasteiger charge is 2.21. The quantitative estimate of drug-likeness (QED) is 0.418. The fourth-order valence-electron chi connectivity index (χ4n) is 2.77. The van der Waals surface area contributed by atoms with Crippen LogP contribution < -0.4 is 21.1 Å². The van der Waals surface area contributed by atoms with Gasteiger partial charge in [-0.25, -0.2) is 4.79 Å². The highest BCUT2D eigenvalue weighted by molar-refractivity contribution is 5.87. The summed E-state index contributed by atoms with van der Waals surface area (Å²) >= 11 is 0. The van der Waals surface area contributed by atoms with E-state index in [1.54, 1.807) is 24.3 Å². The van der Waals surface area contributed by atoms with Gasteiger partial charge in [-0.1, -0.05) is 42.5 Å². The van der Waals surface area contributed by atoms with E-state index in [2.05, 4.69) is 10.6 Å². The molecule has 0 aliphatic heterocycles. The predicted molar refractivity (Wildman–Crippen MR) is 113 cm³/mol. The van der Waals surface area contributed by atoms with E-state index in [9.17, 15) is 19.5 Å². The van der Waals surface area contributed by atoms with Crippen molar-refractivity contribution in [3.63, 3.8) is 0 Å². The van der Waals surface area contributed by atoms with Gasteiger partial charge in [-0.3, -0.25) is 9.59 Å². The van der Waals surface area contributed by atoms with Crippen LogP contribution >= 0.6 is 0 Å². The monoisotopic (exact) mass is 429 g/mol. The van der Waals surface area contributed by atoms with Crippen molar-refractivity contribution in [2.45, 2.75) is 31.6 Å². The zero-order valence-electron chi connectivity index (χ0n) is 17.2. The minimum absolute atomic E-state index is 0.0911. The number of alkyl carbamates (subject to hydrolysis) is 1. The van der Waals surface area contributed by atoms with Gasteiger partial charge in [0, 0.05) is 13.0 Å². The molecule has 2 atom stereocenters. The molecule has 2 rings (SSSR count). The van der Waals surface area contributed by atoms with Crippen LogP contribution in [0.4, 0.5) is 4.79 Å². The van der Waals surface area contributed by atoms with Crippen molar-refractivity contribution in [1.82, 2.24) is 10.6 Å². The topological polar surface area (TPSA) is 140 Å². The van der Waals surface area contributed by atoms with Crippen molar-refractivity contribution in [2.24, 2.45) is 5.73 Å². The molecule has 0 radical (unpaired) electrons. The van der Waals surface area contributed by atoms with E-state index >= 15 is 0 Å². The molecule has 0 spiro atoms. The number of rotatable bonds is 11. The number of primary amides is 1. The summed E-state index contributed by atoms with van der Waals surface area (Å²) in [5.41, 5.74) is 6.97. The van der Waals surface area contributed by atoms with Gasteiger partial charge in [0.25, 0.3) is 0 Å². The molecule has 2 aromatic rings. The lowest BCUT2D eigenvalue weighted by molar-refractivity contribution is -0.128. The van der Waals surface area contributed by atoms with Crippen LogP contribution in [0.5, 0.6) is 5.75 Å². The van der Waals surface area contributed by atoms with Crippen molar-refractivity contribution >= 4 is 17.9 Å². The molecule has 0 aliphatic rings. The molecule has 3 amide bonds. The number of ether oxygens (including phenoxy) is 2. The highest BCUT2D eigenvalue weighted by Crippen LogP contribution is 2.14. The van der Waals surface area contributed by atoms with E-state index in [1.165, 1.54) is 7.11 Å². The summed E-state index contributed by atoms with van der Waals surface area (Å²) in [5, 5.41) is 14.9. The van der Waals surface area contributed by atoms with Crippen LogP contribution in [-0.2, 0) is 27.4 Å². The fraction of sp³-hybridized carbons (Fsp3) is 0.318. The van der Waals surface area contributed by atoms with E-state index in [0.29, 0.717) is 5.75 Å². The number of nitrogens with two attached hydrogens (primary N) is 1. The summed E-state index contributed by atoms with van der Waals surface area (Å²) in [5.74, 6) is -0.653. The van der Waals surface area contributed by atoms with Gasteiger partial charge >= 0.3 is 6.09 Å². The van der Waals surface area contributed by atoms with Crippen molar-refractivity contribution in [2.75, 3.05) is 13.7 Å². The Kier molecular flexibility index (Phi) is 9.31. The predicted octanol–water partition coefficient (Wildman–Crippen LogP) is 0.885. The number of hydrogen-bond acceptors (Lipinski definition) is 6. The first-order chi connectivity index (χ1) is 14.9. The van der Waals surface area contributed by atoms with Crippen molar-refractivity contribution < 1.29 is 29.0 Å². The third kappa shape index (κ3) is 8.75. The molecule has 0 saturated heterocycles. The van der Waals surface area contributed by atoms with E-state index in [4.69, 9.17) is 15.2 Å². The molecular formula is C22H27N3O6. The second-order valence-corrected chi connectivity index (χ2v) is 6.88. The molecule has 0 aromatic heterocycles. The molecule has 0 saturated carbocycles. The Morgan fingerprint density at radius 1 is 1.06 bits per heavy atom. The first-order valence-electron chi connectivity index (χ1n) is 9.71. The number of carbonyl (C=O) groups excluding carboxylic acids is 3. The second-order valence-electron chi connectivity index (χ2n) is 6.88. The van der Waals surface area contributed by atoms with Gasteiger partial charge in [0.15, 0.2) is 0 Å². The Morgan fingerprint density at radius 3 is 2.45 bits per heavy atom. The van der Waals surface area contributed by atoms with Gasteiger partial charge in [0.2, 0.25) is 11.8 Å². The SMILES string of the molecule is COc1cccc(C[C@H](NC(=O)C[C@H](O)CNC(=O)OCc2ccccc2)C(N)=O)c1. The zero-order valence-corrected chi connectivity index (χ0v) is 17.2. The van der Waals surface area contributed by atoms with Crippen molar-refractivity contribution in [3.8, 4) is 5.75 Å². The van der Waals surface area contributed by atoms with Crippen LogP contribution in [-0.4, -0.2) is 48.8 Å². The smallest absolute Gasteiger partial charge is 0.407 e. The number of carbonyl (C=O) groups is 3. The van der Waals surface area contributed by atoms with Crippen LogP contribution in [0.2, 0.25) is 0 Å². The Morgan fingerprint density at radius 2 is 1.77 bits per heavy atom. The van der Waals surface area contributed by atoms with Crippen LogP contribution in [0.25, 0.3) is 0 Å². The van der Waals surface area contributed by atoms with Gasteiger partial charge in [-0.05, 0) is 23.3 Å². The number of hydrogen-bond donors (Lipinski definition) is 4. The zero-order chi connectivity index (χ0) is 22.6.